The molecule has 0 aliphatic carbocycles. The molecule has 2 aromatic carbocycles. The largest absolute Gasteiger partial charge is 0.492 e. The highest BCUT2D eigenvalue weighted by Crippen LogP contribution is 2.33. The van der Waals surface area contributed by atoms with Crippen LogP contribution in [0.1, 0.15) is 25.3 Å². The van der Waals surface area contributed by atoms with Crippen LogP contribution >= 0.6 is 11.6 Å². The Labute approximate surface area is 186 Å². The lowest BCUT2D eigenvalue weighted by Gasteiger charge is -2.12. The lowest BCUT2D eigenvalue weighted by molar-refractivity contribution is -0.147. The third kappa shape index (κ3) is 7.77. The molecule has 0 unspecified atom stereocenters. The number of amides is 2. The van der Waals surface area contributed by atoms with E-state index < -0.39 is 36.1 Å². The number of carbonyl (C=O) groups is 3. The number of benzene rings is 2. The lowest BCUT2D eigenvalue weighted by atomic mass is 10.2. The van der Waals surface area contributed by atoms with E-state index in [4.69, 9.17) is 21.1 Å². The molecule has 0 saturated carbocycles. The van der Waals surface area contributed by atoms with Gasteiger partial charge >= 0.3 is 12.1 Å². The van der Waals surface area contributed by atoms with Crippen LogP contribution in [0.2, 0.25) is 5.02 Å². The average molecular weight is 473 g/mol. The van der Waals surface area contributed by atoms with Crippen LogP contribution < -0.4 is 15.4 Å². The Kier molecular flexibility index (Phi) is 8.89. The fraction of sp³-hybridized carbons (Fsp3) is 0.286. The predicted molar refractivity (Wildman–Crippen MR) is 112 cm³/mol. The van der Waals surface area contributed by atoms with Crippen LogP contribution in [0.3, 0.4) is 0 Å². The van der Waals surface area contributed by atoms with Crippen molar-refractivity contribution in [1.29, 1.82) is 0 Å². The quantitative estimate of drug-likeness (QED) is 0.518. The van der Waals surface area contributed by atoms with Crippen molar-refractivity contribution in [2.45, 2.75) is 25.9 Å². The van der Waals surface area contributed by atoms with Crippen LogP contribution in [0.25, 0.3) is 0 Å². The fourth-order valence-electron chi connectivity index (χ4n) is 2.48. The zero-order valence-electron chi connectivity index (χ0n) is 16.9. The maximum atomic E-state index is 12.8. The number of nitrogens with one attached hydrogen (secondary N) is 2. The second-order valence-corrected chi connectivity index (χ2v) is 6.79. The molecule has 0 heterocycles. The van der Waals surface area contributed by atoms with Crippen LogP contribution in [0.5, 0.6) is 5.75 Å². The van der Waals surface area contributed by atoms with Gasteiger partial charge in [0.15, 0.2) is 6.61 Å². The standard InChI is InChI=1S/C21H20ClF3N2O5/c1-2-31-17-6-4-3-5-15(17)26-19(29)12-32-20(30)10-9-18(28)27-16-11-13(21(23,24)25)7-8-14(16)22/h3-8,11H,2,9-10,12H2,1H3,(H,26,29)(H,27,28). The summed E-state index contributed by atoms with van der Waals surface area (Å²) in [6, 6.07) is 9.21. The van der Waals surface area contributed by atoms with E-state index in [0.717, 1.165) is 12.1 Å². The summed E-state index contributed by atoms with van der Waals surface area (Å²) in [6.45, 7) is 1.60. The summed E-state index contributed by atoms with van der Waals surface area (Å²) in [5, 5.41) is 4.68. The molecule has 2 amide bonds. The number of hydrogen-bond donors (Lipinski definition) is 2. The van der Waals surface area contributed by atoms with E-state index in [9.17, 15) is 27.6 Å². The molecule has 0 aliphatic heterocycles. The zero-order chi connectivity index (χ0) is 23.7. The molecule has 0 bridgehead atoms. The van der Waals surface area contributed by atoms with E-state index in [0.29, 0.717) is 24.1 Å². The van der Waals surface area contributed by atoms with Crippen molar-refractivity contribution in [1.82, 2.24) is 0 Å². The summed E-state index contributed by atoms with van der Waals surface area (Å²) in [5.41, 5.74) is -0.798. The van der Waals surface area contributed by atoms with Crippen molar-refractivity contribution in [3.05, 3.63) is 53.1 Å². The highest BCUT2D eigenvalue weighted by atomic mass is 35.5. The van der Waals surface area contributed by atoms with E-state index in [-0.39, 0.29) is 23.6 Å². The molecule has 0 atom stereocenters. The monoisotopic (exact) mass is 472 g/mol. The molecular weight excluding hydrogens is 453 g/mol. The smallest absolute Gasteiger partial charge is 0.416 e. The van der Waals surface area contributed by atoms with Crippen molar-refractivity contribution in [2.75, 3.05) is 23.8 Å². The molecule has 2 aromatic rings. The number of anilines is 2. The Balaban J connectivity index is 1.80. The Morgan fingerprint density at radius 1 is 0.969 bits per heavy atom. The summed E-state index contributed by atoms with van der Waals surface area (Å²) < 4.78 is 48.5. The summed E-state index contributed by atoms with van der Waals surface area (Å²) in [7, 11) is 0. The van der Waals surface area contributed by atoms with Crippen LogP contribution in [0, 0.1) is 0 Å². The van der Waals surface area contributed by atoms with Gasteiger partial charge in [0, 0.05) is 6.42 Å². The molecule has 2 rings (SSSR count). The van der Waals surface area contributed by atoms with E-state index >= 15 is 0 Å². The third-order valence-electron chi connectivity index (χ3n) is 3.95. The molecule has 2 N–H and O–H groups in total. The average Bonchev–Trinajstić information content (AvgIpc) is 2.73. The van der Waals surface area contributed by atoms with E-state index in [1.807, 2.05) is 0 Å². The molecule has 32 heavy (non-hydrogen) atoms. The van der Waals surface area contributed by atoms with Crippen LogP contribution in [0.4, 0.5) is 24.5 Å². The van der Waals surface area contributed by atoms with Crippen LogP contribution in [0.15, 0.2) is 42.5 Å². The molecule has 172 valence electrons. The lowest BCUT2D eigenvalue weighted by Crippen LogP contribution is -2.22. The van der Waals surface area contributed by atoms with Gasteiger partial charge < -0.3 is 20.1 Å². The number of carbonyl (C=O) groups excluding carboxylic acids is 3. The summed E-state index contributed by atoms with van der Waals surface area (Å²) in [6.07, 6.45) is -5.36. The topological polar surface area (TPSA) is 93.7 Å². The SMILES string of the molecule is CCOc1ccccc1NC(=O)COC(=O)CCC(=O)Nc1cc(C(F)(F)F)ccc1Cl. The zero-order valence-corrected chi connectivity index (χ0v) is 17.7. The summed E-state index contributed by atoms with van der Waals surface area (Å²) >= 11 is 5.81. The summed E-state index contributed by atoms with van der Waals surface area (Å²) in [5.74, 6) is -1.72. The molecule has 11 heteroatoms. The van der Waals surface area contributed by atoms with Gasteiger partial charge in [0.05, 0.1) is 35.0 Å². The number of hydrogen-bond acceptors (Lipinski definition) is 5. The third-order valence-corrected chi connectivity index (χ3v) is 4.28. The molecule has 0 fully saturated rings. The molecular formula is C21H20ClF3N2O5. The summed E-state index contributed by atoms with van der Waals surface area (Å²) in [4.78, 5) is 35.7. The van der Waals surface area contributed by atoms with Gasteiger partial charge in [0.25, 0.3) is 5.91 Å². The molecule has 0 saturated heterocycles. The minimum Gasteiger partial charge on any atom is -0.492 e. The normalized spacial score (nSPS) is 10.9. The van der Waals surface area contributed by atoms with Gasteiger partial charge in [-0.25, -0.2) is 0 Å². The first-order chi connectivity index (χ1) is 15.1. The van der Waals surface area contributed by atoms with Gasteiger partial charge in [-0.15, -0.1) is 0 Å². The van der Waals surface area contributed by atoms with E-state index in [1.165, 1.54) is 0 Å². The maximum Gasteiger partial charge on any atom is 0.416 e. The van der Waals surface area contributed by atoms with Gasteiger partial charge in [0.2, 0.25) is 5.91 Å². The van der Waals surface area contributed by atoms with Crippen LogP contribution in [-0.2, 0) is 25.3 Å². The number of esters is 1. The first kappa shape index (κ1) is 25.0. The minimum atomic E-state index is -4.60. The van der Waals surface area contributed by atoms with Gasteiger partial charge in [-0.1, -0.05) is 23.7 Å². The predicted octanol–water partition coefficient (Wildman–Crippen LogP) is 4.66. The maximum absolute atomic E-state index is 12.8. The molecule has 0 aromatic heterocycles. The first-order valence-electron chi connectivity index (χ1n) is 9.44. The second kappa shape index (κ2) is 11.4. The Hall–Kier alpha value is -3.27. The molecule has 0 spiro atoms. The Morgan fingerprint density at radius 3 is 2.34 bits per heavy atom. The van der Waals surface area contributed by atoms with Crippen molar-refractivity contribution >= 4 is 40.8 Å². The Morgan fingerprint density at radius 2 is 1.66 bits per heavy atom. The van der Waals surface area contributed by atoms with Crippen molar-refractivity contribution in [3.8, 4) is 5.75 Å². The number of halogens is 4. The van der Waals surface area contributed by atoms with Crippen molar-refractivity contribution in [2.24, 2.45) is 0 Å². The van der Waals surface area contributed by atoms with Crippen molar-refractivity contribution < 1.29 is 37.0 Å². The van der Waals surface area contributed by atoms with Crippen molar-refractivity contribution in [3.63, 3.8) is 0 Å². The Bertz CT molecular complexity index is 982. The van der Waals surface area contributed by atoms with Gasteiger partial charge in [-0.05, 0) is 37.3 Å². The number of ether oxygens (including phenoxy) is 2. The highest BCUT2D eigenvalue weighted by molar-refractivity contribution is 6.33. The molecule has 0 aliphatic rings. The van der Waals surface area contributed by atoms with E-state index in [1.54, 1.807) is 31.2 Å². The molecule has 7 nitrogen and oxygen atoms in total. The fourth-order valence-corrected chi connectivity index (χ4v) is 2.65. The minimum absolute atomic E-state index is 0.0852. The number of para-hydroxylation sites is 2. The van der Waals surface area contributed by atoms with Gasteiger partial charge in [-0.3, -0.25) is 14.4 Å². The second-order valence-electron chi connectivity index (χ2n) is 6.38. The van der Waals surface area contributed by atoms with Gasteiger partial charge in [-0.2, -0.15) is 13.2 Å². The first-order valence-corrected chi connectivity index (χ1v) is 9.82. The van der Waals surface area contributed by atoms with Crippen LogP contribution in [-0.4, -0.2) is 31.0 Å². The van der Waals surface area contributed by atoms with E-state index in [2.05, 4.69) is 10.6 Å². The highest BCUT2D eigenvalue weighted by Gasteiger charge is 2.31. The molecule has 0 radical (unpaired) electrons. The van der Waals surface area contributed by atoms with Gasteiger partial charge in [0.1, 0.15) is 5.75 Å². The number of rotatable bonds is 9. The number of alkyl halides is 3.